The molecule has 0 aliphatic carbocycles. The minimum absolute atomic E-state index is 0.108. The Hall–Kier alpha value is -1.41. The first-order chi connectivity index (χ1) is 9.10. The van der Waals surface area contributed by atoms with Crippen molar-refractivity contribution in [1.82, 2.24) is 0 Å². The predicted molar refractivity (Wildman–Crippen MR) is 81.4 cm³/mol. The lowest BCUT2D eigenvalue weighted by molar-refractivity contribution is 0.104. The molecule has 0 radical (unpaired) electrons. The molecule has 0 unspecified atom stereocenters. The molecule has 2 aromatic rings. The number of ketones is 1. The first kappa shape index (κ1) is 14.0. The summed E-state index contributed by atoms with van der Waals surface area (Å²) in [6.45, 7) is 0. The number of halogens is 2. The number of rotatable bonds is 3. The van der Waals surface area contributed by atoms with Crippen molar-refractivity contribution in [1.29, 1.82) is 5.26 Å². The number of nitriles is 1. The summed E-state index contributed by atoms with van der Waals surface area (Å²) in [6.07, 6.45) is 1.59. The van der Waals surface area contributed by atoms with Crippen molar-refractivity contribution in [2.24, 2.45) is 0 Å². The number of Topliss-reactive ketones (excluding diaryl/α,β-unsaturated/α-hetero) is 1. The van der Waals surface area contributed by atoms with Gasteiger partial charge in [-0.2, -0.15) is 5.26 Å². The van der Waals surface area contributed by atoms with Gasteiger partial charge in [-0.15, -0.1) is 11.3 Å². The van der Waals surface area contributed by atoms with Crippen LogP contribution in [0.3, 0.4) is 0 Å². The summed E-state index contributed by atoms with van der Waals surface area (Å²) in [5.74, 6) is -0.302. The van der Waals surface area contributed by atoms with E-state index in [-0.39, 0.29) is 11.4 Å². The zero-order valence-corrected chi connectivity index (χ0v) is 12.7. The molecule has 1 heterocycles. The summed E-state index contributed by atoms with van der Waals surface area (Å²) < 4.78 is 0.931. The standard InChI is InChI=1S/C14H7BrClNOS/c15-11-6-13(19-8-11)5-10(7-17)14(18)9-1-3-12(16)4-2-9/h1-6,8H/b10-5+. The third-order valence-electron chi connectivity index (χ3n) is 2.35. The molecule has 19 heavy (non-hydrogen) atoms. The van der Waals surface area contributed by atoms with E-state index in [1.54, 1.807) is 30.3 Å². The highest BCUT2D eigenvalue weighted by Crippen LogP contribution is 2.23. The predicted octanol–water partition coefficient (Wildman–Crippen LogP) is 4.95. The topological polar surface area (TPSA) is 40.9 Å². The molecule has 1 aromatic carbocycles. The van der Waals surface area contributed by atoms with Crippen molar-refractivity contribution < 1.29 is 4.79 Å². The molecule has 2 nitrogen and oxygen atoms in total. The van der Waals surface area contributed by atoms with Gasteiger partial charge in [0, 0.05) is 25.3 Å². The van der Waals surface area contributed by atoms with Crippen LogP contribution >= 0.6 is 38.9 Å². The van der Waals surface area contributed by atoms with Gasteiger partial charge in [0.05, 0.1) is 0 Å². The Morgan fingerprint density at radius 2 is 2.05 bits per heavy atom. The zero-order valence-electron chi connectivity index (χ0n) is 9.56. The molecule has 1 aromatic heterocycles. The molecule has 0 saturated carbocycles. The van der Waals surface area contributed by atoms with Crippen LogP contribution in [0.4, 0.5) is 0 Å². The van der Waals surface area contributed by atoms with E-state index in [0.717, 1.165) is 9.35 Å². The van der Waals surface area contributed by atoms with Crippen LogP contribution in [0.15, 0.2) is 45.8 Å². The van der Waals surface area contributed by atoms with Gasteiger partial charge in [0.1, 0.15) is 11.6 Å². The Morgan fingerprint density at radius 1 is 1.37 bits per heavy atom. The number of benzene rings is 1. The molecule has 94 valence electrons. The fourth-order valence-corrected chi connectivity index (χ4v) is 2.95. The van der Waals surface area contributed by atoms with Crippen LogP contribution in [0, 0.1) is 11.3 Å². The summed E-state index contributed by atoms with van der Waals surface area (Å²) >= 11 is 10.6. The van der Waals surface area contributed by atoms with Crippen molar-refractivity contribution in [3.05, 3.63) is 61.2 Å². The first-order valence-corrected chi connectivity index (χ1v) is 7.31. The van der Waals surface area contributed by atoms with Crippen LogP contribution in [0.1, 0.15) is 15.2 Å². The molecule has 0 spiro atoms. The normalized spacial score (nSPS) is 11.1. The fourth-order valence-electron chi connectivity index (χ4n) is 1.45. The number of carbonyl (C=O) groups excluding carboxylic acids is 1. The van der Waals surface area contributed by atoms with Crippen molar-refractivity contribution in [3.8, 4) is 6.07 Å². The summed E-state index contributed by atoms with van der Waals surface area (Å²) in [7, 11) is 0. The minimum atomic E-state index is -0.302. The molecule has 2 rings (SSSR count). The number of hydrogen-bond acceptors (Lipinski definition) is 3. The van der Waals surface area contributed by atoms with E-state index in [4.69, 9.17) is 16.9 Å². The third-order valence-corrected chi connectivity index (χ3v) is 4.24. The fraction of sp³-hybridized carbons (Fsp3) is 0. The average molecular weight is 353 g/mol. The Labute approximate surface area is 128 Å². The summed E-state index contributed by atoms with van der Waals surface area (Å²) in [5, 5.41) is 11.6. The lowest BCUT2D eigenvalue weighted by Gasteiger charge is -1.99. The highest BCUT2D eigenvalue weighted by molar-refractivity contribution is 9.10. The van der Waals surface area contributed by atoms with Gasteiger partial charge in [-0.1, -0.05) is 11.6 Å². The lowest BCUT2D eigenvalue weighted by Crippen LogP contribution is -2.01. The Bertz CT molecular complexity index is 682. The number of thiophene rings is 1. The third kappa shape index (κ3) is 3.54. The number of hydrogen-bond donors (Lipinski definition) is 0. The molecular formula is C14H7BrClNOS. The SMILES string of the molecule is N#C/C(=C\c1cc(Br)cs1)C(=O)c1ccc(Cl)cc1. The zero-order chi connectivity index (χ0) is 13.8. The molecular weight excluding hydrogens is 346 g/mol. The molecule has 0 N–H and O–H groups in total. The van der Waals surface area contributed by atoms with E-state index in [2.05, 4.69) is 15.9 Å². The lowest BCUT2D eigenvalue weighted by atomic mass is 10.0. The number of nitrogens with zero attached hydrogens (tertiary/aromatic N) is 1. The van der Waals surface area contributed by atoms with Crippen LogP contribution in [0.2, 0.25) is 5.02 Å². The second-order valence-corrected chi connectivity index (χ2v) is 5.97. The van der Waals surface area contributed by atoms with Crippen LogP contribution in [0.5, 0.6) is 0 Å². The van der Waals surface area contributed by atoms with E-state index in [9.17, 15) is 4.79 Å². The Balaban J connectivity index is 2.32. The highest BCUT2D eigenvalue weighted by Gasteiger charge is 2.12. The first-order valence-electron chi connectivity index (χ1n) is 5.26. The van der Waals surface area contributed by atoms with E-state index >= 15 is 0 Å². The molecule has 0 atom stereocenters. The van der Waals surface area contributed by atoms with Crippen LogP contribution < -0.4 is 0 Å². The van der Waals surface area contributed by atoms with Gasteiger partial charge < -0.3 is 0 Å². The largest absolute Gasteiger partial charge is 0.288 e. The molecule has 0 saturated heterocycles. The van der Waals surface area contributed by atoms with Gasteiger partial charge in [0.15, 0.2) is 0 Å². The highest BCUT2D eigenvalue weighted by atomic mass is 79.9. The van der Waals surface area contributed by atoms with Crippen LogP contribution in [-0.4, -0.2) is 5.78 Å². The molecule has 0 fully saturated rings. The van der Waals surface area contributed by atoms with Crippen molar-refractivity contribution in [2.75, 3.05) is 0 Å². The second kappa shape index (κ2) is 6.16. The van der Waals surface area contributed by atoms with Crippen molar-refractivity contribution in [2.45, 2.75) is 0 Å². The maximum Gasteiger partial charge on any atom is 0.203 e. The van der Waals surface area contributed by atoms with E-state index in [1.807, 2.05) is 17.5 Å². The van der Waals surface area contributed by atoms with Crippen molar-refractivity contribution in [3.63, 3.8) is 0 Å². The smallest absolute Gasteiger partial charge is 0.203 e. The molecule has 0 amide bonds. The Kier molecular flexibility index (Phi) is 4.54. The monoisotopic (exact) mass is 351 g/mol. The van der Waals surface area contributed by atoms with Crippen molar-refractivity contribution >= 4 is 50.7 Å². The Morgan fingerprint density at radius 3 is 2.58 bits per heavy atom. The second-order valence-electron chi connectivity index (χ2n) is 3.67. The van der Waals surface area contributed by atoms with Gasteiger partial charge in [-0.3, -0.25) is 4.79 Å². The van der Waals surface area contributed by atoms with Gasteiger partial charge in [-0.05, 0) is 52.3 Å². The number of allylic oxidation sites excluding steroid dienone is 1. The number of carbonyl (C=O) groups is 1. The van der Waals surface area contributed by atoms with E-state index in [0.29, 0.717) is 10.6 Å². The molecule has 0 aliphatic heterocycles. The van der Waals surface area contributed by atoms with Gasteiger partial charge in [0.2, 0.25) is 5.78 Å². The maximum absolute atomic E-state index is 12.2. The minimum Gasteiger partial charge on any atom is -0.288 e. The van der Waals surface area contributed by atoms with Crippen LogP contribution in [0.25, 0.3) is 6.08 Å². The molecule has 0 aliphatic rings. The average Bonchev–Trinajstić information content (AvgIpc) is 2.81. The maximum atomic E-state index is 12.2. The summed E-state index contributed by atoms with van der Waals surface area (Å²) in [4.78, 5) is 13.0. The summed E-state index contributed by atoms with van der Waals surface area (Å²) in [5.41, 5.74) is 0.560. The quantitative estimate of drug-likeness (QED) is 0.445. The van der Waals surface area contributed by atoms with E-state index in [1.165, 1.54) is 11.3 Å². The van der Waals surface area contributed by atoms with Gasteiger partial charge in [-0.25, -0.2) is 0 Å². The molecule has 5 heteroatoms. The molecule has 0 bridgehead atoms. The van der Waals surface area contributed by atoms with E-state index < -0.39 is 0 Å². The summed E-state index contributed by atoms with van der Waals surface area (Å²) in [6, 6.07) is 10.3. The van der Waals surface area contributed by atoms with Crippen LogP contribution in [-0.2, 0) is 0 Å². The van der Waals surface area contributed by atoms with Gasteiger partial charge >= 0.3 is 0 Å². The van der Waals surface area contributed by atoms with Gasteiger partial charge in [0.25, 0.3) is 0 Å².